The van der Waals surface area contributed by atoms with Crippen LogP contribution < -0.4 is 0 Å². The molecule has 3 unspecified atom stereocenters. The van der Waals surface area contributed by atoms with Crippen LogP contribution in [0.2, 0.25) is 0 Å². The number of carboxylic acids is 3. The molecule has 0 fully saturated rings. The van der Waals surface area contributed by atoms with Gasteiger partial charge >= 0.3 is 17.9 Å². The fourth-order valence-electron chi connectivity index (χ4n) is 6.40. The first-order valence-corrected chi connectivity index (χ1v) is 16.3. The van der Waals surface area contributed by atoms with Gasteiger partial charge in [-0.3, -0.25) is 4.48 Å². The summed E-state index contributed by atoms with van der Waals surface area (Å²) in [5, 5.41) is 30.8. The lowest BCUT2D eigenvalue weighted by molar-refractivity contribution is -0.973. The molecule has 0 rings (SSSR count). The Morgan fingerprint density at radius 2 is 0.692 bits per heavy atom. The van der Waals surface area contributed by atoms with Crippen LogP contribution in [0.4, 0.5) is 0 Å². The van der Waals surface area contributed by atoms with Crippen LogP contribution in [0.25, 0.3) is 0 Å². The lowest BCUT2D eigenvalue weighted by atomic mass is 9.91. The quantitative estimate of drug-likeness (QED) is 0.0658. The third-order valence-corrected chi connectivity index (χ3v) is 8.43. The number of rotatable bonds is 28. The number of unbranched alkanes of at least 4 members (excludes halogenated alkanes) is 14. The maximum Gasteiger partial charge on any atom is 0.362 e. The van der Waals surface area contributed by atoms with Crippen LogP contribution in [0.5, 0.6) is 0 Å². The van der Waals surface area contributed by atoms with Crippen LogP contribution in [-0.4, -0.2) is 62.4 Å². The van der Waals surface area contributed by atoms with Crippen LogP contribution in [0.1, 0.15) is 163 Å². The first kappa shape index (κ1) is 37.4. The van der Waals surface area contributed by atoms with E-state index in [1.807, 2.05) is 20.8 Å². The molecule has 0 aromatic heterocycles. The smallest absolute Gasteiger partial charge is 0.362 e. The Labute approximate surface area is 239 Å². The first-order chi connectivity index (χ1) is 18.7. The number of hydrogen-bond acceptors (Lipinski definition) is 3. The fourth-order valence-corrected chi connectivity index (χ4v) is 6.40. The summed E-state index contributed by atoms with van der Waals surface area (Å²) in [7, 11) is 0. The van der Waals surface area contributed by atoms with Gasteiger partial charge in [-0.25, -0.2) is 14.4 Å². The average molecular weight is 557 g/mol. The normalized spacial score (nSPS) is 15.4. The Kier molecular flexibility index (Phi) is 22.1. The van der Waals surface area contributed by atoms with Crippen molar-refractivity contribution in [3.8, 4) is 0 Å². The zero-order valence-electron chi connectivity index (χ0n) is 25.8. The molecule has 0 bridgehead atoms. The van der Waals surface area contributed by atoms with Gasteiger partial charge in [0, 0.05) is 19.3 Å². The summed E-state index contributed by atoms with van der Waals surface area (Å²) in [6.45, 7) is 8.17. The Hall–Kier alpha value is -1.63. The Morgan fingerprint density at radius 3 is 0.923 bits per heavy atom. The van der Waals surface area contributed by atoms with Crippen LogP contribution in [0.3, 0.4) is 0 Å². The average Bonchev–Trinajstić information content (AvgIpc) is 2.89. The van der Waals surface area contributed by atoms with Crippen LogP contribution in [0, 0.1) is 0 Å². The minimum absolute atomic E-state index is 0.273. The minimum atomic E-state index is -1.08. The van der Waals surface area contributed by atoms with E-state index in [0.29, 0.717) is 25.7 Å². The molecule has 230 valence electrons. The Morgan fingerprint density at radius 1 is 0.436 bits per heavy atom. The lowest BCUT2D eigenvalue weighted by Gasteiger charge is -2.50. The molecule has 3 atom stereocenters. The summed E-state index contributed by atoms with van der Waals surface area (Å²) >= 11 is 0. The van der Waals surface area contributed by atoms with Crippen LogP contribution in [0.15, 0.2) is 0 Å². The number of aliphatic carboxylic acids is 3. The van der Waals surface area contributed by atoms with E-state index in [2.05, 4.69) is 6.92 Å². The zero-order chi connectivity index (χ0) is 29.5. The number of carboxylic acid groups (broad SMARTS) is 3. The molecule has 0 saturated carbocycles. The third kappa shape index (κ3) is 14.0. The standard InChI is InChI=1S/C32H61NO6/c1-5-9-10-11-12-13-14-15-16-17-18-19-20-21-22-26-33(27(23-6-2)30(34)35,28(24-7-3)31(36)37)29(25-8-4)32(38)39/h27-29H,5-26H2,1-4H3,(H2-,34,35,36,37,38,39)/p+1. The van der Waals surface area contributed by atoms with Gasteiger partial charge in [-0.2, -0.15) is 0 Å². The predicted octanol–water partition coefficient (Wildman–Crippen LogP) is 8.43. The molecule has 0 aliphatic heterocycles. The SMILES string of the molecule is CCCCCCCCCCCCCCCCC[N+](C(CCC)C(=O)O)(C(CCC)C(=O)O)C(CCC)C(=O)O. The molecular weight excluding hydrogens is 494 g/mol. The highest BCUT2D eigenvalue weighted by molar-refractivity contribution is 5.78. The van der Waals surface area contributed by atoms with Gasteiger partial charge in [0.25, 0.3) is 0 Å². The van der Waals surface area contributed by atoms with E-state index in [1.165, 1.54) is 70.6 Å². The van der Waals surface area contributed by atoms with Gasteiger partial charge in [0.2, 0.25) is 0 Å². The summed E-state index contributed by atoms with van der Waals surface area (Å²) in [6, 6.07) is -3.12. The maximum atomic E-state index is 12.6. The topological polar surface area (TPSA) is 112 Å². The second-order valence-corrected chi connectivity index (χ2v) is 11.6. The Balaban J connectivity index is 5.15. The van der Waals surface area contributed by atoms with Crippen molar-refractivity contribution in [3.05, 3.63) is 0 Å². The van der Waals surface area contributed by atoms with E-state index in [-0.39, 0.29) is 30.3 Å². The largest absolute Gasteiger partial charge is 0.477 e. The molecule has 0 radical (unpaired) electrons. The highest BCUT2D eigenvalue weighted by Gasteiger charge is 2.56. The van der Waals surface area contributed by atoms with Gasteiger partial charge in [-0.1, -0.05) is 111 Å². The van der Waals surface area contributed by atoms with Gasteiger partial charge in [0.1, 0.15) is 0 Å². The van der Waals surface area contributed by atoms with E-state index in [9.17, 15) is 29.7 Å². The van der Waals surface area contributed by atoms with Crippen molar-refractivity contribution in [1.82, 2.24) is 0 Å². The van der Waals surface area contributed by atoms with Gasteiger partial charge in [0.15, 0.2) is 18.1 Å². The molecule has 0 aromatic carbocycles. The zero-order valence-corrected chi connectivity index (χ0v) is 25.8. The summed E-state index contributed by atoms with van der Waals surface area (Å²) < 4.78 is -0.367. The van der Waals surface area contributed by atoms with Crippen LogP contribution >= 0.6 is 0 Å². The molecule has 7 heteroatoms. The minimum Gasteiger partial charge on any atom is -0.477 e. The van der Waals surface area contributed by atoms with E-state index in [4.69, 9.17) is 0 Å². The molecule has 0 aliphatic carbocycles. The fraction of sp³-hybridized carbons (Fsp3) is 0.906. The number of quaternary nitrogens is 1. The van der Waals surface area contributed by atoms with Crippen LogP contribution in [-0.2, 0) is 14.4 Å². The van der Waals surface area contributed by atoms with Gasteiger partial charge < -0.3 is 15.3 Å². The number of carbonyl (C=O) groups is 3. The summed E-state index contributed by atoms with van der Waals surface area (Å²) in [4.78, 5) is 37.7. The van der Waals surface area contributed by atoms with Crippen molar-refractivity contribution < 1.29 is 34.2 Å². The highest BCUT2D eigenvalue weighted by atomic mass is 16.4. The third-order valence-electron chi connectivity index (χ3n) is 8.43. The summed E-state index contributed by atoms with van der Waals surface area (Å²) in [5.74, 6) is -3.24. The molecular formula is C32H62NO6+. The lowest BCUT2D eigenvalue weighted by Crippen LogP contribution is -2.72. The molecule has 0 spiro atoms. The van der Waals surface area contributed by atoms with Gasteiger partial charge in [-0.15, -0.1) is 0 Å². The number of hydrogen-bond donors (Lipinski definition) is 3. The molecule has 3 N–H and O–H groups in total. The second-order valence-electron chi connectivity index (χ2n) is 11.6. The van der Waals surface area contributed by atoms with E-state index in [0.717, 1.165) is 19.3 Å². The van der Waals surface area contributed by atoms with Crippen molar-refractivity contribution in [2.24, 2.45) is 0 Å². The monoisotopic (exact) mass is 556 g/mol. The van der Waals surface area contributed by atoms with Gasteiger partial charge in [-0.05, 0) is 32.1 Å². The van der Waals surface area contributed by atoms with E-state index in [1.54, 1.807) is 0 Å². The molecule has 0 saturated heterocycles. The van der Waals surface area contributed by atoms with Crippen molar-refractivity contribution in [3.63, 3.8) is 0 Å². The summed E-state index contributed by atoms with van der Waals surface area (Å²) in [5.41, 5.74) is 0. The molecule has 7 nitrogen and oxygen atoms in total. The molecule has 0 heterocycles. The van der Waals surface area contributed by atoms with E-state index >= 15 is 0 Å². The molecule has 39 heavy (non-hydrogen) atoms. The molecule has 0 amide bonds. The van der Waals surface area contributed by atoms with Gasteiger partial charge in [0.05, 0.1) is 6.54 Å². The number of nitrogens with zero attached hydrogens (tertiary/aromatic N) is 1. The molecule has 0 aromatic rings. The summed E-state index contributed by atoms with van der Waals surface area (Å²) in [6.07, 6.45) is 20.6. The predicted molar refractivity (Wildman–Crippen MR) is 159 cm³/mol. The van der Waals surface area contributed by atoms with Crippen molar-refractivity contribution >= 4 is 17.9 Å². The highest BCUT2D eigenvalue weighted by Crippen LogP contribution is 2.34. The van der Waals surface area contributed by atoms with Crippen molar-refractivity contribution in [2.45, 2.75) is 181 Å². The van der Waals surface area contributed by atoms with Crippen molar-refractivity contribution in [2.75, 3.05) is 6.54 Å². The first-order valence-electron chi connectivity index (χ1n) is 16.3. The molecule has 0 aliphatic rings. The second kappa shape index (κ2) is 23.1. The van der Waals surface area contributed by atoms with Crippen molar-refractivity contribution in [1.29, 1.82) is 0 Å². The van der Waals surface area contributed by atoms with E-state index < -0.39 is 36.0 Å². The maximum absolute atomic E-state index is 12.6. The Bertz CT molecular complexity index is 593.